The van der Waals surface area contributed by atoms with Gasteiger partial charge in [0.05, 0.1) is 18.0 Å². The van der Waals surface area contributed by atoms with Gasteiger partial charge in [0.2, 0.25) is 5.91 Å². The maximum Gasteiger partial charge on any atom is 0.269 e. The van der Waals surface area contributed by atoms with Gasteiger partial charge in [-0.25, -0.2) is 4.99 Å². The number of hydrogen-bond donors (Lipinski definition) is 2. The summed E-state index contributed by atoms with van der Waals surface area (Å²) in [5.74, 6) is 0.882. The van der Waals surface area contributed by atoms with Gasteiger partial charge < -0.3 is 15.5 Å². The maximum absolute atomic E-state index is 11.8. The fraction of sp³-hybridized carbons (Fsp3) is 0.529. The van der Waals surface area contributed by atoms with Crippen LogP contribution in [0.3, 0.4) is 0 Å². The Balaban J connectivity index is 2.79. The molecule has 0 aliphatic heterocycles. The van der Waals surface area contributed by atoms with Crippen LogP contribution in [0.2, 0.25) is 0 Å². The molecule has 8 heteroatoms. The molecule has 138 valence electrons. The highest BCUT2D eigenvalue weighted by Gasteiger charge is 2.11. The van der Waals surface area contributed by atoms with E-state index in [1.54, 1.807) is 26.2 Å². The average molecular weight is 349 g/mol. The molecule has 1 atom stereocenters. The summed E-state index contributed by atoms with van der Waals surface area (Å²) < 4.78 is 0. The van der Waals surface area contributed by atoms with Crippen molar-refractivity contribution < 1.29 is 9.72 Å². The number of rotatable bonds is 7. The Morgan fingerprint density at radius 2 is 1.84 bits per heavy atom. The average Bonchev–Trinajstić information content (AvgIpc) is 2.56. The summed E-state index contributed by atoms with van der Waals surface area (Å²) >= 11 is 0. The van der Waals surface area contributed by atoms with Crippen molar-refractivity contribution in [3.05, 3.63) is 39.9 Å². The van der Waals surface area contributed by atoms with E-state index in [0.29, 0.717) is 18.4 Å². The third kappa shape index (κ3) is 7.19. The first-order chi connectivity index (χ1) is 11.7. The van der Waals surface area contributed by atoms with Gasteiger partial charge in [-0.3, -0.25) is 14.9 Å². The van der Waals surface area contributed by atoms with E-state index in [2.05, 4.69) is 29.5 Å². The summed E-state index contributed by atoms with van der Waals surface area (Å²) in [5.41, 5.74) is 0.900. The molecule has 0 aliphatic rings. The predicted molar refractivity (Wildman–Crippen MR) is 98.4 cm³/mol. The Morgan fingerprint density at radius 1 is 1.24 bits per heavy atom. The van der Waals surface area contributed by atoms with Crippen LogP contribution in [-0.2, 0) is 11.3 Å². The first-order valence-corrected chi connectivity index (χ1v) is 8.19. The van der Waals surface area contributed by atoms with Crippen molar-refractivity contribution in [3.63, 3.8) is 0 Å². The van der Waals surface area contributed by atoms with Crippen molar-refractivity contribution in [2.24, 2.45) is 10.9 Å². The van der Waals surface area contributed by atoms with Crippen molar-refractivity contribution in [3.8, 4) is 0 Å². The van der Waals surface area contributed by atoms with Gasteiger partial charge in [-0.05, 0) is 18.4 Å². The van der Waals surface area contributed by atoms with Crippen molar-refractivity contribution in [2.75, 3.05) is 20.6 Å². The number of aliphatic imine (C=N–C) groups is 1. The van der Waals surface area contributed by atoms with Crippen molar-refractivity contribution in [1.82, 2.24) is 15.5 Å². The van der Waals surface area contributed by atoms with E-state index >= 15 is 0 Å². The standard InChI is InChI=1S/C17H27N5O3/c1-12(2)13(3)20-17(19-11-16(23)21(4)5)18-10-14-6-8-15(9-7-14)22(24)25/h6-9,12-13H,10-11H2,1-5H3,(H2,18,19,20). The number of carbonyl (C=O) groups is 1. The van der Waals surface area contributed by atoms with Crippen LogP contribution in [0.4, 0.5) is 5.69 Å². The van der Waals surface area contributed by atoms with E-state index in [0.717, 1.165) is 5.56 Å². The lowest BCUT2D eigenvalue weighted by Gasteiger charge is -2.21. The molecule has 1 aromatic rings. The highest BCUT2D eigenvalue weighted by molar-refractivity contribution is 5.86. The lowest BCUT2D eigenvalue weighted by molar-refractivity contribution is -0.384. The van der Waals surface area contributed by atoms with Crippen molar-refractivity contribution in [2.45, 2.75) is 33.4 Å². The van der Waals surface area contributed by atoms with Crippen LogP contribution >= 0.6 is 0 Å². The van der Waals surface area contributed by atoms with Crippen molar-refractivity contribution >= 4 is 17.6 Å². The molecule has 0 aliphatic carbocycles. The van der Waals surface area contributed by atoms with Gasteiger partial charge in [0.15, 0.2) is 5.96 Å². The number of non-ortho nitro benzene ring substituents is 1. The number of nitro benzene ring substituents is 1. The number of nitro groups is 1. The van der Waals surface area contributed by atoms with Gasteiger partial charge in [-0.15, -0.1) is 0 Å². The van der Waals surface area contributed by atoms with Gasteiger partial charge in [0.1, 0.15) is 0 Å². The quantitative estimate of drug-likeness (QED) is 0.338. The molecule has 25 heavy (non-hydrogen) atoms. The predicted octanol–water partition coefficient (Wildman–Crippen LogP) is 1.76. The normalized spacial score (nSPS) is 12.6. The summed E-state index contributed by atoms with van der Waals surface area (Å²) in [4.78, 5) is 28.0. The summed E-state index contributed by atoms with van der Waals surface area (Å²) in [6.07, 6.45) is 0. The molecule has 0 bridgehead atoms. The van der Waals surface area contributed by atoms with E-state index in [-0.39, 0.29) is 24.2 Å². The molecule has 8 nitrogen and oxygen atoms in total. The first-order valence-electron chi connectivity index (χ1n) is 8.19. The highest BCUT2D eigenvalue weighted by Crippen LogP contribution is 2.12. The number of hydrogen-bond acceptors (Lipinski definition) is 4. The monoisotopic (exact) mass is 349 g/mol. The summed E-state index contributed by atoms with van der Waals surface area (Å²) in [7, 11) is 3.39. The van der Waals surface area contributed by atoms with Gasteiger partial charge in [0.25, 0.3) is 5.69 Å². The van der Waals surface area contributed by atoms with Crippen LogP contribution in [0.15, 0.2) is 29.3 Å². The number of amides is 1. The molecule has 0 saturated carbocycles. The number of nitrogens with one attached hydrogen (secondary N) is 2. The number of carbonyl (C=O) groups excluding carboxylic acids is 1. The molecule has 0 saturated heterocycles. The molecule has 0 radical (unpaired) electrons. The van der Waals surface area contributed by atoms with E-state index in [4.69, 9.17) is 0 Å². The smallest absolute Gasteiger partial charge is 0.269 e. The SMILES string of the molecule is CC(C)C(C)NC(=NCc1ccc([N+](=O)[O-])cc1)NCC(=O)N(C)C. The second kappa shape index (κ2) is 9.61. The Bertz CT molecular complexity index is 611. The third-order valence-electron chi connectivity index (χ3n) is 3.84. The Kier molecular flexibility index (Phi) is 7.84. The molecule has 0 aromatic heterocycles. The molecule has 2 N–H and O–H groups in total. The van der Waals surface area contributed by atoms with E-state index < -0.39 is 4.92 Å². The first kappa shape index (κ1) is 20.4. The zero-order chi connectivity index (χ0) is 19.0. The van der Waals surface area contributed by atoms with Crippen LogP contribution in [-0.4, -0.2) is 48.4 Å². The van der Waals surface area contributed by atoms with Crippen molar-refractivity contribution in [1.29, 1.82) is 0 Å². The molecular weight excluding hydrogens is 322 g/mol. The number of nitrogens with zero attached hydrogens (tertiary/aromatic N) is 3. The molecular formula is C17H27N5O3. The van der Waals surface area contributed by atoms with Gasteiger partial charge in [0, 0.05) is 32.3 Å². The Hall–Kier alpha value is -2.64. The fourth-order valence-electron chi connectivity index (χ4n) is 1.75. The van der Waals surface area contributed by atoms with Crippen LogP contribution in [0.1, 0.15) is 26.3 Å². The molecule has 1 aromatic carbocycles. The largest absolute Gasteiger partial charge is 0.354 e. The van der Waals surface area contributed by atoms with Crippen LogP contribution in [0, 0.1) is 16.0 Å². The Labute approximate surface area is 148 Å². The number of guanidine groups is 1. The van der Waals surface area contributed by atoms with E-state index in [1.807, 2.05) is 6.92 Å². The summed E-state index contributed by atoms with van der Waals surface area (Å²) in [5, 5.41) is 17.0. The summed E-state index contributed by atoms with van der Waals surface area (Å²) in [6.45, 7) is 6.73. The maximum atomic E-state index is 11.8. The Morgan fingerprint density at radius 3 is 2.32 bits per heavy atom. The molecule has 1 rings (SSSR count). The number of likely N-dealkylation sites (N-methyl/N-ethyl adjacent to an activating group) is 1. The van der Waals surface area contributed by atoms with Gasteiger partial charge in [-0.2, -0.15) is 0 Å². The van der Waals surface area contributed by atoms with E-state index in [9.17, 15) is 14.9 Å². The zero-order valence-corrected chi connectivity index (χ0v) is 15.4. The lowest BCUT2D eigenvalue weighted by atomic mass is 10.1. The van der Waals surface area contributed by atoms with Crippen LogP contribution in [0.5, 0.6) is 0 Å². The molecule has 0 heterocycles. The van der Waals surface area contributed by atoms with Gasteiger partial charge in [-0.1, -0.05) is 26.0 Å². The molecule has 0 fully saturated rings. The minimum atomic E-state index is -0.432. The molecule has 1 unspecified atom stereocenters. The lowest BCUT2D eigenvalue weighted by Crippen LogP contribution is -2.47. The third-order valence-corrected chi connectivity index (χ3v) is 3.84. The fourth-order valence-corrected chi connectivity index (χ4v) is 1.75. The minimum absolute atomic E-state index is 0.0502. The number of benzene rings is 1. The minimum Gasteiger partial charge on any atom is -0.354 e. The van der Waals surface area contributed by atoms with Gasteiger partial charge >= 0.3 is 0 Å². The second-order valence-corrected chi connectivity index (χ2v) is 6.41. The molecule has 0 spiro atoms. The summed E-state index contributed by atoms with van der Waals surface area (Å²) in [6, 6.07) is 6.44. The van der Waals surface area contributed by atoms with E-state index in [1.165, 1.54) is 17.0 Å². The topological polar surface area (TPSA) is 99.9 Å². The molecule has 1 amide bonds. The highest BCUT2D eigenvalue weighted by atomic mass is 16.6. The zero-order valence-electron chi connectivity index (χ0n) is 15.4. The second-order valence-electron chi connectivity index (χ2n) is 6.41. The van der Waals surface area contributed by atoms with Crippen LogP contribution < -0.4 is 10.6 Å². The van der Waals surface area contributed by atoms with Crippen LogP contribution in [0.25, 0.3) is 0 Å².